The van der Waals surface area contributed by atoms with E-state index in [2.05, 4.69) is 0 Å². The zero-order chi connectivity index (χ0) is 9.90. The highest BCUT2D eigenvalue weighted by Crippen LogP contribution is 2.19. The van der Waals surface area contributed by atoms with Crippen molar-refractivity contribution in [3.05, 3.63) is 0 Å². The molecule has 0 spiro atoms. The van der Waals surface area contributed by atoms with Crippen molar-refractivity contribution >= 4 is 22.4 Å². The van der Waals surface area contributed by atoms with Crippen LogP contribution in [0.3, 0.4) is 0 Å². The Bertz CT molecular complexity index is 256. The maximum atomic E-state index is 11.6. The molecule has 86 valence electrons. The molecule has 1 aliphatic rings. The maximum Gasteiger partial charge on any atom is 0.215 e. The average molecular weight is 243 g/mol. The molecule has 14 heavy (non-hydrogen) atoms. The molecule has 1 rings (SSSR count). The quantitative estimate of drug-likeness (QED) is 0.787. The van der Waals surface area contributed by atoms with E-state index in [1.807, 2.05) is 6.92 Å². The van der Waals surface area contributed by atoms with Gasteiger partial charge in [0.15, 0.2) is 0 Å². The molecule has 6 heteroatoms. The minimum atomic E-state index is -3.07. The van der Waals surface area contributed by atoms with E-state index in [4.69, 9.17) is 5.73 Å². The van der Waals surface area contributed by atoms with E-state index in [1.54, 1.807) is 4.31 Å². The Kier molecular flexibility index (Phi) is 5.97. The van der Waals surface area contributed by atoms with Crippen molar-refractivity contribution in [3.8, 4) is 0 Å². The summed E-state index contributed by atoms with van der Waals surface area (Å²) >= 11 is 0. The molecule has 0 aromatic rings. The highest BCUT2D eigenvalue weighted by atomic mass is 35.5. The average Bonchev–Trinajstić information content (AvgIpc) is 2.04. The molecular formula is C8H19ClN2O2S. The molecule has 1 heterocycles. The van der Waals surface area contributed by atoms with Gasteiger partial charge >= 0.3 is 0 Å². The van der Waals surface area contributed by atoms with E-state index >= 15 is 0 Å². The SMILES string of the molecule is CC1CCCCN1S(=O)(=O)CCN.Cl. The number of hydrogen-bond acceptors (Lipinski definition) is 3. The fraction of sp³-hybridized carbons (Fsp3) is 1.00. The molecule has 0 saturated carbocycles. The van der Waals surface area contributed by atoms with Crippen molar-refractivity contribution in [1.82, 2.24) is 4.31 Å². The maximum absolute atomic E-state index is 11.6. The monoisotopic (exact) mass is 242 g/mol. The number of piperidine rings is 1. The van der Waals surface area contributed by atoms with Crippen LogP contribution in [0.15, 0.2) is 0 Å². The Morgan fingerprint density at radius 3 is 2.57 bits per heavy atom. The highest BCUT2D eigenvalue weighted by molar-refractivity contribution is 7.89. The third-order valence-corrected chi connectivity index (χ3v) is 4.48. The van der Waals surface area contributed by atoms with Crippen LogP contribution in [0.5, 0.6) is 0 Å². The molecule has 0 amide bonds. The molecule has 1 aliphatic heterocycles. The minimum Gasteiger partial charge on any atom is -0.329 e. The zero-order valence-corrected chi connectivity index (χ0v) is 10.1. The number of nitrogens with zero attached hydrogens (tertiary/aromatic N) is 1. The van der Waals surface area contributed by atoms with E-state index in [-0.39, 0.29) is 30.7 Å². The summed E-state index contributed by atoms with van der Waals surface area (Å²) in [5, 5.41) is 0. The van der Waals surface area contributed by atoms with E-state index < -0.39 is 10.0 Å². The standard InChI is InChI=1S/C8H18N2O2S.ClH/c1-8-4-2-3-6-10(8)13(11,12)7-5-9;/h8H,2-7,9H2,1H3;1H. The number of nitrogens with two attached hydrogens (primary N) is 1. The van der Waals surface area contributed by atoms with Crippen LogP contribution < -0.4 is 5.73 Å². The Balaban J connectivity index is 0.00000169. The van der Waals surface area contributed by atoms with Crippen LogP contribution in [0.25, 0.3) is 0 Å². The van der Waals surface area contributed by atoms with Crippen LogP contribution >= 0.6 is 12.4 Å². The zero-order valence-electron chi connectivity index (χ0n) is 8.48. The lowest BCUT2D eigenvalue weighted by molar-refractivity contribution is 0.269. The molecule has 0 aromatic carbocycles. The molecule has 1 unspecified atom stereocenters. The van der Waals surface area contributed by atoms with Crippen LogP contribution in [0.2, 0.25) is 0 Å². The van der Waals surface area contributed by atoms with E-state index in [1.165, 1.54) is 0 Å². The third-order valence-electron chi connectivity index (χ3n) is 2.48. The van der Waals surface area contributed by atoms with Crippen molar-refractivity contribution in [2.45, 2.75) is 32.2 Å². The summed E-state index contributed by atoms with van der Waals surface area (Å²) in [5.41, 5.74) is 5.26. The van der Waals surface area contributed by atoms with Gasteiger partial charge in [-0.15, -0.1) is 12.4 Å². The first-order valence-corrected chi connectivity index (χ1v) is 6.38. The van der Waals surface area contributed by atoms with Gasteiger partial charge in [0, 0.05) is 19.1 Å². The van der Waals surface area contributed by atoms with E-state index in [9.17, 15) is 8.42 Å². The van der Waals surface area contributed by atoms with Gasteiger partial charge in [0.05, 0.1) is 5.75 Å². The number of rotatable bonds is 3. The Morgan fingerprint density at radius 1 is 1.43 bits per heavy atom. The molecular weight excluding hydrogens is 224 g/mol. The van der Waals surface area contributed by atoms with Crippen LogP contribution in [-0.4, -0.2) is 37.6 Å². The summed E-state index contributed by atoms with van der Waals surface area (Å²) in [4.78, 5) is 0. The first-order chi connectivity index (χ1) is 6.08. The lowest BCUT2D eigenvalue weighted by atomic mass is 10.1. The summed E-state index contributed by atoms with van der Waals surface area (Å²) in [5.74, 6) is 0.0807. The number of sulfonamides is 1. The van der Waals surface area contributed by atoms with Crippen molar-refractivity contribution in [2.75, 3.05) is 18.8 Å². The fourth-order valence-electron chi connectivity index (χ4n) is 1.75. The molecule has 0 aromatic heterocycles. The molecule has 1 atom stereocenters. The second-order valence-corrected chi connectivity index (χ2v) is 5.60. The summed E-state index contributed by atoms with van der Waals surface area (Å²) in [7, 11) is -3.07. The van der Waals surface area contributed by atoms with Crippen LogP contribution in [-0.2, 0) is 10.0 Å². The Morgan fingerprint density at radius 2 is 2.07 bits per heavy atom. The lowest BCUT2D eigenvalue weighted by Gasteiger charge is -2.32. The highest BCUT2D eigenvalue weighted by Gasteiger charge is 2.28. The molecule has 4 nitrogen and oxygen atoms in total. The molecule has 0 aliphatic carbocycles. The number of halogens is 1. The smallest absolute Gasteiger partial charge is 0.215 e. The molecule has 0 radical (unpaired) electrons. The van der Waals surface area contributed by atoms with Gasteiger partial charge in [0.2, 0.25) is 10.0 Å². The normalized spacial score (nSPS) is 24.3. The second kappa shape index (κ2) is 5.90. The summed E-state index contributed by atoms with van der Waals surface area (Å²) in [6.07, 6.45) is 3.09. The third kappa shape index (κ3) is 3.38. The lowest BCUT2D eigenvalue weighted by Crippen LogP contribution is -2.44. The van der Waals surface area contributed by atoms with Gasteiger partial charge in [-0.2, -0.15) is 4.31 Å². The molecule has 0 bridgehead atoms. The first-order valence-electron chi connectivity index (χ1n) is 4.77. The van der Waals surface area contributed by atoms with Crippen molar-refractivity contribution in [3.63, 3.8) is 0 Å². The fourth-order valence-corrected chi connectivity index (χ4v) is 3.34. The number of hydrogen-bond donors (Lipinski definition) is 1. The van der Waals surface area contributed by atoms with Crippen LogP contribution in [0.1, 0.15) is 26.2 Å². The van der Waals surface area contributed by atoms with E-state index in [0.717, 1.165) is 19.3 Å². The van der Waals surface area contributed by atoms with Crippen LogP contribution in [0, 0.1) is 0 Å². The molecule has 1 saturated heterocycles. The molecule has 1 fully saturated rings. The van der Waals surface area contributed by atoms with Gasteiger partial charge in [0.1, 0.15) is 0 Å². The van der Waals surface area contributed by atoms with Crippen molar-refractivity contribution < 1.29 is 8.42 Å². The molecule has 2 N–H and O–H groups in total. The minimum absolute atomic E-state index is 0. The van der Waals surface area contributed by atoms with Gasteiger partial charge < -0.3 is 5.73 Å². The largest absolute Gasteiger partial charge is 0.329 e. The van der Waals surface area contributed by atoms with Gasteiger partial charge in [-0.05, 0) is 19.8 Å². The topological polar surface area (TPSA) is 63.4 Å². The summed E-state index contributed by atoms with van der Waals surface area (Å²) in [6, 6.07) is 0.158. The van der Waals surface area contributed by atoms with Crippen molar-refractivity contribution in [2.24, 2.45) is 5.73 Å². The van der Waals surface area contributed by atoms with Crippen molar-refractivity contribution in [1.29, 1.82) is 0 Å². The summed E-state index contributed by atoms with van der Waals surface area (Å²) in [6.45, 7) is 2.85. The first kappa shape index (κ1) is 14.2. The van der Waals surface area contributed by atoms with Gasteiger partial charge in [0.25, 0.3) is 0 Å². The Hall–Kier alpha value is 0.160. The van der Waals surface area contributed by atoms with Gasteiger partial charge in [-0.3, -0.25) is 0 Å². The predicted octanol–water partition coefficient (Wildman–Crippen LogP) is 0.571. The summed E-state index contributed by atoms with van der Waals surface area (Å²) < 4.78 is 24.9. The van der Waals surface area contributed by atoms with Gasteiger partial charge in [-0.25, -0.2) is 8.42 Å². The van der Waals surface area contributed by atoms with Gasteiger partial charge in [-0.1, -0.05) is 6.42 Å². The van der Waals surface area contributed by atoms with E-state index in [0.29, 0.717) is 6.54 Å². The Labute approximate surface area is 92.3 Å². The second-order valence-electron chi connectivity index (χ2n) is 3.56. The predicted molar refractivity (Wildman–Crippen MR) is 60.1 cm³/mol. The van der Waals surface area contributed by atoms with Crippen LogP contribution in [0.4, 0.5) is 0 Å².